The van der Waals surface area contributed by atoms with E-state index in [4.69, 9.17) is 37.0 Å². The van der Waals surface area contributed by atoms with E-state index in [1.54, 1.807) is 0 Å². The maximum atomic E-state index is 13.1. The summed E-state index contributed by atoms with van der Waals surface area (Å²) in [4.78, 5) is 73.1. The second kappa shape index (κ2) is 71.0. The van der Waals surface area contributed by atoms with Crippen LogP contribution in [0.25, 0.3) is 0 Å². The number of phosphoric acid groups is 2. The molecule has 0 bridgehead atoms. The number of phosphoric ester groups is 2. The van der Waals surface area contributed by atoms with Gasteiger partial charge in [-0.3, -0.25) is 37.3 Å². The monoisotopic (exact) mass is 1480 g/mol. The highest BCUT2D eigenvalue weighted by Gasteiger charge is 2.30. The van der Waals surface area contributed by atoms with Crippen LogP contribution >= 0.6 is 15.6 Å². The zero-order valence-corrected chi connectivity index (χ0v) is 68.3. The van der Waals surface area contributed by atoms with E-state index in [2.05, 4.69) is 55.4 Å². The van der Waals surface area contributed by atoms with Crippen molar-refractivity contribution in [1.29, 1.82) is 0 Å². The summed E-state index contributed by atoms with van der Waals surface area (Å²) in [5, 5.41) is 10.7. The Morgan fingerprint density at radius 3 is 0.703 bits per heavy atom. The molecule has 101 heavy (non-hydrogen) atoms. The molecule has 0 aromatic rings. The van der Waals surface area contributed by atoms with E-state index in [-0.39, 0.29) is 25.7 Å². The average Bonchev–Trinajstić information content (AvgIpc) is 0.925. The highest BCUT2D eigenvalue weighted by Crippen LogP contribution is 2.45. The lowest BCUT2D eigenvalue weighted by atomic mass is 9.99. The van der Waals surface area contributed by atoms with Gasteiger partial charge in [0.05, 0.1) is 26.4 Å². The molecule has 6 atom stereocenters. The molecule has 0 rings (SSSR count). The summed E-state index contributed by atoms with van der Waals surface area (Å²) in [5.41, 5.74) is 0. The number of ether oxygens (including phenoxy) is 4. The van der Waals surface area contributed by atoms with Crippen LogP contribution in [-0.2, 0) is 65.4 Å². The van der Waals surface area contributed by atoms with E-state index in [0.717, 1.165) is 114 Å². The molecule has 0 aromatic carbocycles. The molecule has 0 aliphatic rings. The Kier molecular flexibility index (Phi) is 69.6. The number of esters is 4. The standard InChI is InChI=1S/C82H160O17P2/c1-9-75(8)61-53-45-37-29-23-24-32-41-49-57-65-82(87)99-78(69-93-80(85)63-55-47-39-33-25-28-36-44-52-60-74(6)7)71-97-101(90,91)95-67-76(83)66-94-100(88,89)96-70-77(68-92-79(84)62-54-46-38-30-21-17-14-13-16-20-27-35-43-51-59-73(4)5)98-81(86)64-56-48-40-31-22-18-12-10-11-15-19-26-34-42-50-58-72(2)3/h72-78,83H,9-71H2,1-8H3,(H,88,89)(H,90,91)/t75?,76-,77-,78-/m1/s1. The van der Waals surface area contributed by atoms with Crippen molar-refractivity contribution in [3.63, 3.8) is 0 Å². The van der Waals surface area contributed by atoms with Crippen LogP contribution in [0.1, 0.15) is 421 Å². The van der Waals surface area contributed by atoms with Crippen LogP contribution in [-0.4, -0.2) is 96.7 Å². The van der Waals surface area contributed by atoms with Crippen molar-refractivity contribution in [3.8, 4) is 0 Å². The van der Waals surface area contributed by atoms with Crippen LogP contribution in [0.3, 0.4) is 0 Å². The van der Waals surface area contributed by atoms with Crippen LogP contribution in [0.15, 0.2) is 0 Å². The fourth-order valence-corrected chi connectivity index (χ4v) is 14.2. The lowest BCUT2D eigenvalue weighted by Gasteiger charge is -2.21. The molecule has 0 aliphatic carbocycles. The second-order valence-electron chi connectivity index (χ2n) is 31.2. The van der Waals surface area contributed by atoms with Gasteiger partial charge >= 0.3 is 39.5 Å². The van der Waals surface area contributed by atoms with E-state index < -0.39 is 97.5 Å². The van der Waals surface area contributed by atoms with Crippen LogP contribution in [0.2, 0.25) is 0 Å². The minimum Gasteiger partial charge on any atom is -0.462 e. The second-order valence-corrected chi connectivity index (χ2v) is 34.1. The SMILES string of the molecule is CCC(C)CCCCCCCCCCCCC(=O)O[C@H](COC(=O)CCCCCCCCCCCC(C)C)COP(=O)(O)OC[C@H](O)COP(=O)(O)OC[C@@H](COC(=O)CCCCCCCCCCCCCCCCC(C)C)OC(=O)CCCCCCCCCCCCCCCCCC(C)C. The molecule has 0 amide bonds. The summed E-state index contributed by atoms with van der Waals surface area (Å²) in [7, 11) is -9.93. The topological polar surface area (TPSA) is 237 Å². The van der Waals surface area contributed by atoms with Gasteiger partial charge in [0.2, 0.25) is 0 Å². The molecule has 0 aromatic heterocycles. The first-order chi connectivity index (χ1) is 48.6. The summed E-state index contributed by atoms with van der Waals surface area (Å²) in [5.74, 6) is 1.04. The smallest absolute Gasteiger partial charge is 0.462 e. The summed E-state index contributed by atoms with van der Waals surface area (Å²) < 4.78 is 68.8. The molecular formula is C82H160O17P2. The highest BCUT2D eigenvalue weighted by molar-refractivity contribution is 7.47. The van der Waals surface area contributed by atoms with Gasteiger partial charge in [-0.2, -0.15) is 0 Å². The molecule has 19 heteroatoms. The van der Waals surface area contributed by atoms with Crippen LogP contribution in [0.4, 0.5) is 0 Å². The summed E-state index contributed by atoms with van der Waals surface area (Å²) >= 11 is 0. The van der Waals surface area contributed by atoms with E-state index in [9.17, 15) is 43.2 Å². The zero-order valence-electron chi connectivity index (χ0n) is 66.5. The van der Waals surface area contributed by atoms with E-state index in [1.807, 2.05) is 0 Å². The lowest BCUT2D eigenvalue weighted by Crippen LogP contribution is -2.30. The van der Waals surface area contributed by atoms with Crippen molar-refractivity contribution in [2.45, 2.75) is 440 Å². The summed E-state index contributed by atoms with van der Waals surface area (Å²) in [6, 6.07) is 0. The number of aliphatic hydroxyl groups is 1. The molecule has 0 aliphatic heterocycles. The largest absolute Gasteiger partial charge is 0.472 e. The molecule has 17 nitrogen and oxygen atoms in total. The summed E-state index contributed by atoms with van der Waals surface area (Å²) in [6.07, 6.45) is 58.1. The molecule has 0 saturated carbocycles. The third kappa shape index (κ3) is 74.7. The predicted octanol–water partition coefficient (Wildman–Crippen LogP) is 24.4. The van der Waals surface area contributed by atoms with Crippen molar-refractivity contribution in [3.05, 3.63) is 0 Å². The van der Waals surface area contributed by atoms with E-state index in [0.29, 0.717) is 25.7 Å². The maximum absolute atomic E-state index is 13.1. The minimum absolute atomic E-state index is 0.106. The number of hydrogen-bond acceptors (Lipinski definition) is 15. The van der Waals surface area contributed by atoms with Gasteiger partial charge in [-0.05, 0) is 49.4 Å². The Bertz CT molecular complexity index is 1970. The first-order valence-electron chi connectivity index (χ1n) is 42.2. The van der Waals surface area contributed by atoms with Gasteiger partial charge in [0.25, 0.3) is 0 Å². The van der Waals surface area contributed by atoms with Crippen molar-refractivity contribution >= 4 is 39.5 Å². The Balaban J connectivity index is 5.27. The molecule has 3 unspecified atom stereocenters. The van der Waals surface area contributed by atoms with Gasteiger partial charge in [-0.25, -0.2) is 9.13 Å². The van der Waals surface area contributed by atoms with Crippen LogP contribution in [0.5, 0.6) is 0 Å². The van der Waals surface area contributed by atoms with Gasteiger partial charge in [0, 0.05) is 25.7 Å². The maximum Gasteiger partial charge on any atom is 0.472 e. The Hall–Kier alpha value is -1.94. The lowest BCUT2D eigenvalue weighted by molar-refractivity contribution is -0.161. The third-order valence-corrected chi connectivity index (χ3v) is 21.3. The first kappa shape index (κ1) is 99.1. The quantitative estimate of drug-likeness (QED) is 0.0222. The van der Waals surface area contributed by atoms with Crippen LogP contribution in [0, 0.1) is 23.7 Å². The fraction of sp³-hybridized carbons (Fsp3) is 0.951. The van der Waals surface area contributed by atoms with Crippen molar-refractivity contribution in [1.82, 2.24) is 0 Å². The third-order valence-electron chi connectivity index (χ3n) is 19.4. The van der Waals surface area contributed by atoms with Gasteiger partial charge < -0.3 is 33.8 Å². The zero-order chi connectivity index (χ0) is 74.6. The molecule has 0 fully saturated rings. The number of unbranched alkanes of at least 4 members (excludes halogenated alkanes) is 44. The van der Waals surface area contributed by atoms with E-state index in [1.165, 1.54) is 225 Å². The number of rotatable bonds is 79. The predicted molar refractivity (Wildman–Crippen MR) is 414 cm³/mol. The van der Waals surface area contributed by atoms with E-state index >= 15 is 0 Å². The van der Waals surface area contributed by atoms with Gasteiger partial charge in [-0.15, -0.1) is 0 Å². The number of hydrogen-bond donors (Lipinski definition) is 3. The number of carbonyl (C=O) groups is 4. The highest BCUT2D eigenvalue weighted by atomic mass is 31.2. The number of aliphatic hydroxyl groups excluding tert-OH is 1. The van der Waals surface area contributed by atoms with Crippen LogP contribution < -0.4 is 0 Å². The molecule has 600 valence electrons. The molecule has 0 spiro atoms. The van der Waals surface area contributed by atoms with Crippen molar-refractivity contribution in [2.75, 3.05) is 39.6 Å². The van der Waals surface area contributed by atoms with Gasteiger partial charge in [0.1, 0.15) is 19.3 Å². The Morgan fingerprint density at radius 1 is 0.277 bits per heavy atom. The molecular weight excluding hydrogens is 1320 g/mol. The molecule has 0 radical (unpaired) electrons. The minimum atomic E-state index is -4.96. The normalized spacial score (nSPS) is 14.3. The average molecular weight is 1480 g/mol. The molecule has 3 N–H and O–H groups in total. The van der Waals surface area contributed by atoms with Gasteiger partial charge in [-0.1, -0.05) is 370 Å². The van der Waals surface area contributed by atoms with Crippen molar-refractivity contribution < 1.29 is 80.2 Å². The Labute approximate surface area is 619 Å². The first-order valence-corrected chi connectivity index (χ1v) is 45.2. The van der Waals surface area contributed by atoms with Gasteiger partial charge in [0.15, 0.2) is 12.2 Å². The van der Waals surface area contributed by atoms with Crippen molar-refractivity contribution in [2.24, 2.45) is 23.7 Å². The fourth-order valence-electron chi connectivity index (χ4n) is 12.6. The summed E-state index contributed by atoms with van der Waals surface area (Å²) in [6.45, 7) is 14.3. The molecule has 0 saturated heterocycles. The molecule has 0 heterocycles. The number of carbonyl (C=O) groups excluding carboxylic acids is 4. The Morgan fingerprint density at radius 2 is 0.475 bits per heavy atom.